The van der Waals surface area contributed by atoms with Gasteiger partial charge in [0.05, 0.1) is 6.42 Å². The van der Waals surface area contributed by atoms with E-state index in [1.54, 1.807) is 25.3 Å². The molecule has 2 N–H and O–H groups in total. The number of hydrogen-bond donors (Lipinski definition) is 2. The summed E-state index contributed by atoms with van der Waals surface area (Å²) in [6.45, 7) is 7.77. The summed E-state index contributed by atoms with van der Waals surface area (Å²) in [6, 6.07) is -0.662. The second kappa shape index (κ2) is 6.36. The second-order valence-electron chi connectivity index (χ2n) is 4.98. The summed E-state index contributed by atoms with van der Waals surface area (Å²) in [5.41, 5.74) is 0. The van der Waals surface area contributed by atoms with Gasteiger partial charge in [0.25, 0.3) is 10.0 Å². The van der Waals surface area contributed by atoms with Crippen molar-refractivity contribution >= 4 is 16.0 Å². The molecule has 0 bridgehead atoms. The van der Waals surface area contributed by atoms with Crippen LogP contribution < -0.4 is 4.72 Å². The number of rotatable bonds is 7. The van der Waals surface area contributed by atoms with Crippen molar-refractivity contribution in [2.24, 2.45) is 5.92 Å². The van der Waals surface area contributed by atoms with Crippen LogP contribution in [0.3, 0.4) is 0 Å². The smallest absolute Gasteiger partial charge is 0.304 e. The van der Waals surface area contributed by atoms with Crippen LogP contribution in [0.15, 0.2) is 11.2 Å². The Morgan fingerprint density at radius 2 is 2.10 bits per heavy atom. The van der Waals surface area contributed by atoms with E-state index in [0.29, 0.717) is 12.4 Å². The Kier molecular flexibility index (Phi) is 5.29. The Bertz CT molecular complexity index is 578. The topological polar surface area (TPSA) is 101 Å². The van der Waals surface area contributed by atoms with Gasteiger partial charge in [-0.15, -0.1) is 0 Å². The number of carbonyl (C=O) groups is 1. The molecule has 0 aliphatic carbocycles. The van der Waals surface area contributed by atoms with E-state index in [-0.39, 0.29) is 17.4 Å². The summed E-state index contributed by atoms with van der Waals surface area (Å²) < 4.78 is 28.6. The Balaban J connectivity index is 2.99. The van der Waals surface area contributed by atoms with Gasteiger partial charge in [0, 0.05) is 18.8 Å². The highest BCUT2D eigenvalue weighted by molar-refractivity contribution is 7.89. The number of carboxylic acids is 1. The van der Waals surface area contributed by atoms with Gasteiger partial charge >= 0.3 is 5.97 Å². The summed E-state index contributed by atoms with van der Waals surface area (Å²) in [5.74, 6) is -0.566. The molecule has 0 saturated heterocycles. The molecule has 114 valence electrons. The van der Waals surface area contributed by atoms with E-state index in [2.05, 4.69) is 9.71 Å². The number of sulfonamides is 1. The molecule has 1 rings (SSSR count). The molecule has 20 heavy (non-hydrogen) atoms. The zero-order valence-corrected chi connectivity index (χ0v) is 12.9. The van der Waals surface area contributed by atoms with E-state index in [1.165, 1.54) is 6.20 Å². The van der Waals surface area contributed by atoms with Crippen molar-refractivity contribution in [3.05, 3.63) is 12.0 Å². The second-order valence-corrected chi connectivity index (χ2v) is 6.64. The molecule has 0 saturated carbocycles. The third-order valence-electron chi connectivity index (χ3n) is 3.08. The molecular weight excluding hydrogens is 282 g/mol. The molecule has 0 aliphatic heterocycles. The minimum atomic E-state index is -3.81. The van der Waals surface area contributed by atoms with Crippen LogP contribution in [0.1, 0.15) is 33.0 Å². The minimum absolute atomic E-state index is 0.0760. The van der Waals surface area contributed by atoms with Gasteiger partial charge in [0.2, 0.25) is 0 Å². The molecule has 7 nitrogen and oxygen atoms in total. The normalized spacial score (nSPS) is 13.7. The molecule has 8 heteroatoms. The number of nitrogens with zero attached hydrogens (tertiary/aromatic N) is 2. The summed E-state index contributed by atoms with van der Waals surface area (Å²) >= 11 is 0. The quantitative estimate of drug-likeness (QED) is 0.782. The largest absolute Gasteiger partial charge is 0.481 e. The van der Waals surface area contributed by atoms with Crippen LogP contribution in [0.4, 0.5) is 0 Å². The number of aliphatic carboxylic acids is 1. The maximum Gasteiger partial charge on any atom is 0.304 e. The van der Waals surface area contributed by atoms with Crippen molar-refractivity contribution in [2.45, 2.75) is 51.7 Å². The molecular formula is C12H21N3O4S. The van der Waals surface area contributed by atoms with E-state index in [4.69, 9.17) is 5.11 Å². The fraction of sp³-hybridized carbons (Fsp3) is 0.667. The van der Waals surface area contributed by atoms with E-state index >= 15 is 0 Å². The molecule has 1 aromatic rings. The van der Waals surface area contributed by atoms with Crippen molar-refractivity contribution in [1.82, 2.24) is 14.3 Å². The highest BCUT2D eigenvalue weighted by Gasteiger charge is 2.26. The lowest BCUT2D eigenvalue weighted by molar-refractivity contribution is -0.137. The van der Waals surface area contributed by atoms with E-state index in [1.807, 2.05) is 6.92 Å². The number of nitrogens with one attached hydrogen (secondary N) is 1. The molecule has 1 heterocycles. The molecule has 0 spiro atoms. The van der Waals surface area contributed by atoms with Gasteiger partial charge in [0.15, 0.2) is 5.03 Å². The summed E-state index contributed by atoms with van der Waals surface area (Å²) in [6.07, 6.45) is 1.19. The van der Waals surface area contributed by atoms with Gasteiger partial charge in [-0.2, -0.15) is 0 Å². The summed E-state index contributed by atoms with van der Waals surface area (Å²) in [4.78, 5) is 14.8. The Hall–Kier alpha value is -1.41. The lowest BCUT2D eigenvalue weighted by Crippen LogP contribution is -2.40. The molecule has 0 amide bonds. The fourth-order valence-corrected chi connectivity index (χ4v) is 3.18. The maximum absolute atomic E-state index is 12.2. The van der Waals surface area contributed by atoms with Gasteiger partial charge in [-0.25, -0.2) is 18.1 Å². The molecule has 0 aliphatic rings. The first kappa shape index (κ1) is 16.6. The van der Waals surface area contributed by atoms with Gasteiger partial charge in [0.1, 0.15) is 5.82 Å². The predicted molar refractivity (Wildman–Crippen MR) is 73.8 cm³/mol. The van der Waals surface area contributed by atoms with Gasteiger partial charge < -0.3 is 9.67 Å². The summed E-state index contributed by atoms with van der Waals surface area (Å²) in [5, 5.41) is 8.76. The predicted octanol–water partition coefficient (Wildman–Crippen LogP) is 0.989. The lowest BCUT2D eigenvalue weighted by Gasteiger charge is -2.19. The number of aromatic nitrogens is 2. The maximum atomic E-state index is 12.2. The van der Waals surface area contributed by atoms with Crippen molar-refractivity contribution in [3.8, 4) is 0 Å². The van der Waals surface area contributed by atoms with Crippen molar-refractivity contribution in [3.63, 3.8) is 0 Å². The van der Waals surface area contributed by atoms with E-state index in [9.17, 15) is 13.2 Å². The lowest BCUT2D eigenvalue weighted by atomic mass is 10.0. The van der Waals surface area contributed by atoms with Gasteiger partial charge in [-0.1, -0.05) is 13.8 Å². The number of carboxylic acid groups (broad SMARTS) is 1. The zero-order chi connectivity index (χ0) is 15.5. The van der Waals surface area contributed by atoms with Crippen molar-refractivity contribution in [1.29, 1.82) is 0 Å². The SMILES string of the molecule is CCn1cc(S(=O)(=O)NC(CC(=O)O)C(C)C)nc1C. The first-order valence-corrected chi connectivity index (χ1v) is 7.93. The van der Waals surface area contributed by atoms with E-state index < -0.39 is 22.0 Å². The first-order valence-electron chi connectivity index (χ1n) is 6.45. The monoisotopic (exact) mass is 303 g/mol. The first-order chi connectivity index (χ1) is 9.17. The van der Waals surface area contributed by atoms with Crippen LogP contribution in [-0.4, -0.2) is 35.1 Å². The Labute approximate surface area is 119 Å². The average molecular weight is 303 g/mol. The molecule has 0 aromatic carbocycles. The minimum Gasteiger partial charge on any atom is -0.481 e. The third-order valence-corrected chi connectivity index (χ3v) is 4.44. The van der Waals surface area contributed by atoms with Crippen molar-refractivity contribution < 1.29 is 18.3 Å². The molecule has 0 radical (unpaired) electrons. The van der Waals surface area contributed by atoms with Crippen molar-refractivity contribution in [2.75, 3.05) is 0 Å². The van der Waals surface area contributed by atoms with Gasteiger partial charge in [-0.3, -0.25) is 4.79 Å². The van der Waals surface area contributed by atoms with Crippen LogP contribution in [0, 0.1) is 12.8 Å². The van der Waals surface area contributed by atoms with Crippen LogP contribution in [0.25, 0.3) is 0 Å². The summed E-state index contributed by atoms with van der Waals surface area (Å²) in [7, 11) is -3.81. The number of aryl methyl sites for hydroxylation is 2. The highest BCUT2D eigenvalue weighted by atomic mass is 32.2. The number of hydrogen-bond acceptors (Lipinski definition) is 4. The molecule has 1 unspecified atom stereocenters. The molecule has 1 aromatic heterocycles. The van der Waals surface area contributed by atoms with Gasteiger partial charge in [-0.05, 0) is 19.8 Å². The van der Waals surface area contributed by atoms with Crippen LogP contribution in [0.5, 0.6) is 0 Å². The van der Waals surface area contributed by atoms with Crippen LogP contribution in [-0.2, 0) is 21.4 Å². The van der Waals surface area contributed by atoms with E-state index in [0.717, 1.165) is 0 Å². The van der Waals surface area contributed by atoms with Crippen LogP contribution >= 0.6 is 0 Å². The zero-order valence-electron chi connectivity index (χ0n) is 12.1. The Morgan fingerprint density at radius 1 is 1.50 bits per heavy atom. The standard InChI is InChI=1S/C12H21N3O4S/c1-5-15-7-11(13-9(15)4)20(18,19)14-10(8(2)3)6-12(16)17/h7-8,10,14H,5-6H2,1-4H3,(H,16,17). The molecule has 0 fully saturated rings. The average Bonchev–Trinajstić information content (AvgIpc) is 2.69. The third kappa shape index (κ3) is 4.04. The van der Waals surface area contributed by atoms with Crippen LogP contribution in [0.2, 0.25) is 0 Å². The Morgan fingerprint density at radius 3 is 2.50 bits per heavy atom. The number of imidazole rings is 1. The fourth-order valence-electron chi connectivity index (χ4n) is 1.79. The highest BCUT2D eigenvalue weighted by Crippen LogP contribution is 2.13. The molecule has 1 atom stereocenters.